The van der Waals surface area contributed by atoms with Crippen molar-refractivity contribution >= 4 is 28.1 Å². The predicted molar refractivity (Wildman–Crippen MR) is 93.4 cm³/mol. The molecule has 0 radical (unpaired) electrons. The first-order valence-corrected chi connectivity index (χ1v) is 9.22. The van der Waals surface area contributed by atoms with Crippen LogP contribution in [0.15, 0.2) is 36.1 Å². The first-order valence-electron chi connectivity index (χ1n) is 8.34. The molecule has 24 heavy (non-hydrogen) atoms. The van der Waals surface area contributed by atoms with E-state index in [4.69, 9.17) is 4.98 Å². The number of hydrogen-bond donors (Lipinski definition) is 0. The maximum absolute atomic E-state index is 4.75. The lowest BCUT2D eigenvalue weighted by Gasteiger charge is -2.46. The number of imidazole rings is 1. The molecule has 118 valence electrons. The van der Waals surface area contributed by atoms with E-state index in [0.717, 1.165) is 11.8 Å². The highest BCUT2D eigenvalue weighted by Gasteiger charge is 2.73. The smallest absolute Gasteiger partial charge is 0.217 e. The van der Waals surface area contributed by atoms with Crippen LogP contribution in [0.4, 0.5) is 16.8 Å². The molecule has 4 aliphatic rings. The molecule has 3 aromatic rings. The number of nitrogens with zero attached hydrogens (tertiary/aromatic N) is 5. The molecule has 1 aromatic carbocycles. The molecule has 1 fully saturated rings. The Balaban J connectivity index is 1.69. The van der Waals surface area contributed by atoms with Crippen LogP contribution in [-0.2, 0) is 5.41 Å². The summed E-state index contributed by atoms with van der Waals surface area (Å²) in [6.07, 6.45) is 5.36. The lowest BCUT2D eigenvalue weighted by atomic mass is 9.82. The SMILES string of the molecule is CC12CC1(C)N1c3ncsc3N3c4nccn4-c4cccc2c4C31. The highest BCUT2D eigenvalue weighted by Crippen LogP contribution is 2.72. The van der Waals surface area contributed by atoms with Crippen molar-refractivity contribution in [3.8, 4) is 5.69 Å². The standard InChI is InChI=1S/C18H15N5S/c1-17-8-18(17,2)23-13-15(24-9-20-13)22-14(23)12-10(17)4-3-5-11(12)21-7-6-19-16(21)22/h3-7,9,14H,8H2,1-2H3. The second-order valence-electron chi connectivity index (χ2n) is 7.71. The maximum Gasteiger partial charge on any atom is 0.217 e. The fourth-order valence-electron chi connectivity index (χ4n) is 5.43. The number of thiazole rings is 1. The summed E-state index contributed by atoms with van der Waals surface area (Å²) in [4.78, 5) is 14.4. The van der Waals surface area contributed by atoms with Gasteiger partial charge in [0.05, 0.1) is 16.7 Å². The molecule has 7 rings (SSSR count). The summed E-state index contributed by atoms with van der Waals surface area (Å²) in [6, 6.07) is 6.77. The zero-order chi connectivity index (χ0) is 15.8. The molecule has 1 aliphatic carbocycles. The molecule has 0 N–H and O–H groups in total. The fourth-order valence-corrected chi connectivity index (χ4v) is 6.23. The van der Waals surface area contributed by atoms with Gasteiger partial charge in [0, 0.05) is 23.4 Å². The molecule has 1 saturated carbocycles. The minimum atomic E-state index is 0.135. The lowest BCUT2D eigenvalue weighted by molar-refractivity contribution is 0.452. The van der Waals surface area contributed by atoms with E-state index in [1.54, 1.807) is 11.3 Å². The van der Waals surface area contributed by atoms with Crippen molar-refractivity contribution in [2.45, 2.75) is 37.4 Å². The minimum absolute atomic E-state index is 0.135. The van der Waals surface area contributed by atoms with E-state index in [1.807, 2.05) is 11.7 Å². The van der Waals surface area contributed by atoms with E-state index in [1.165, 1.54) is 28.2 Å². The van der Waals surface area contributed by atoms with E-state index in [2.05, 4.69) is 57.6 Å². The molecule has 5 nitrogen and oxygen atoms in total. The van der Waals surface area contributed by atoms with Gasteiger partial charge in [-0.15, -0.1) is 11.3 Å². The Morgan fingerprint density at radius 2 is 2.17 bits per heavy atom. The van der Waals surface area contributed by atoms with Gasteiger partial charge in [0.1, 0.15) is 11.2 Å². The molecule has 3 aliphatic heterocycles. The summed E-state index contributed by atoms with van der Waals surface area (Å²) in [5.41, 5.74) is 6.51. The zero-order valence-electron chi connectivity index (χ0n) is 13.4. The van der Waals surface area contributed by atoms with Gasteiger partial charge in [0.25, 0.3) is 0 Å². The second kappa shape index (κ2) is 3.24. The van der Waals surface area contributed by atoms with E-state index in [0.29, 0.717) is 0 Å². The highest BCUT2D eigenvalue weighted by atomic mass is 32.1. The third-order valence-corrected chi connectivity index (χ3v) is 7.61. The molecule has 5 heterocycles. The summed E-state index contributed by atoms with van der Waals surface area (Å²) in [7, 11) is 0. The van der Waals surface area contributed by atoms with Gasteiger partial charge in [-0.25, -0.2) is 9.97 Å². The Morgan fingerprint density at radius 1 is 1.25 bits per heavy atom. The van der Waals surface area contributed by atoms with Gasteiger partial charge < -0.3 is 4.90 Å². The van der Waals surface area contributed by atoms with Crippen LogP contribution in [0.2, 0.25) is 0 Å². The van der Waals surface area contributed by atoms with Crippen LogP contribution in [0.3, 0.4) is 0 Å². The molecule has 0 bridgehead atoms. The zero-order valence-corrected chi connectivity index (χ0v) is 14.2. The quantitative estimate of drug-likeness (QED) is 0.628. The van der Waals surface area contributed by atoms with Crippen LogP contribution >= 0.6 is 11.3 Å². The van der Waals surface area contributed by atoms with Crippen LogP contribution < -0.4 is 9.80 Å². The summed E-state index contributed by atoms with van der Waals surface area (Å²) in [5.74, 6) is 2.14. The molecule has 0 saturated heterocycles. The maximum atomic E-state index is 4.75. The lowest BCUT2D eigenvalue weighted by Crippen LogP contribution is -2.50. The second-order valence-corrected chi connectivity index (χ2v) is 8.55. The monoisotopic (exact) mass is 333 g/mol. The highest BCUT2D eigenvalue weighted by molar-refractivity contribution is 7.14. The summed E-state index contributed by atoms with van der Waals surface area (Å²) >= 11 is 1.72. The van der Waals surface area contributed by atoms with Crippen molar-refractivity contribution < 1.29 is 0 Å². The van der Waals surface area contributed by atoms with Crippen LogP contribution in [0.1, 0.15) is 37.6 Å². The third kappa shape index (κ3) is 0.955. The van der Waals surface area contributed by atoms with E-state index < -0.39 is 0 Å². The first kappa shape index (κ1) is 12.1. The van der Waals surface area contributed by atoms with Crippen LogP contribution in [-0.4, -0.2) is 20.1 Å². The third-order valence-electron chi connectivity index (χ3n) is 6.79. The number of fused-ring (bicyclic) bond motifs is 9. The van der Waals surface area contributed by atoms with E-state index in [-0.39, 0.29) is 17.1 Å². The first-order chi connectivity index (χ1) is 11.7. The van der Waals surface area contributed by atoms with Crippen LogP contribution in [0.5, 0.6) is 0 Å². The van der Waals surface area contributed by atoms with Crippen molar-refractivity contribution in [1.82, 2.24) is 14.5 Å². The van der Waals surface area contributed by atoms with Gasteiger partial charge >= 0.3 is 0 Å². The molecule has 6 heteroatoms. The van der Waals surface area contributed by atoms with Crippen LogP contribution in [0.25, 0.3) is 5.69 Å². The van der Waals surface area contributed by atoms with Gasteiger partial charge in [-0.3, -0.25) is 9.47 Å². The summed E-state index contributed by atoms with van der Waals surface area (Å²) in [6.45, 7) is 4.81. The predicted octanol–water partition coefficient (Wildman–Crippen LogP) is 3.73. The number of rotatable bonds is 0. The Hall–Kier alpha value is -2.34. The molecule has 0 amide bonds. The van der Waals surface area contributed by atoms with Crippen molar-refractivity contribution in [2.24, 2.45) is 0 Å². The van der Waals surface area contributed by atoms with Crippen molar-refractivity contribution in [3.05, 3.63) is 47.2 Å². The van der Waals surface area contributed by atoms with Crippen molar-refractivity contribution in [2.75, 3.05) is 9.80 Å². The van der Waals surface area contributed by atoms with Gasteiger partial charge in [0.15, 0.2) is 5.82 Å². The average Bonchev–Trinajstić information content (AvgIpc) is 3.06. The Morgan fingerprint density at radius 3 is 3.08 bits per heavy atom. The fraction of sp³-hybridized carbons (Fsp3) is 0.333. The molecule has 0 spiro atoms. The number of aromatic nitrogens is 3. The Labute approximate surface area is 143 Å². The van der Waals surface area contributed by atoms with Crippen molar-refractivity contribution in [1.29, 1.82) is 0 Å². The molecular formula is C18H15N5S. The summed E-state index contributed by atoms with van der Waals surface area (Å²) < 4.78 is 2.23. The van der Waals surface area contributed by atoms with Gasteiger partial charge in [-0.1, -0.05) is 19.1 Å². The largest absolute Gasteiger partial charge is 0.323 e. The van der Waals surface area contributed by atoms with Gasteiger partial charge in [0.2, 0.25) is 5.95 Å². The van der Waals surface area contributed by atoms with E-state index >= 15 is 0 Å². The summed E-state index contributed by atoms with van der Waals surface area (Å²) in [5, 5.41) is 1.23. The molecule has 3 unspecified atom stereocenters. The number of anilines is 3. The van der Waals surface area contributed by atoms with Gasteiger partial charge in [-0.05, 0) is 25.0 Å². The number of hydrogen-bond acceptors (Lipinski definition) is 5. The molecule has 2 aromatic heterocycles. The van der Waals surface area contributed by atoms with Crippen molar-refractivity contribution in [3.63, 3.8) is 0 Å². The van der Waals surface area contributed by atoms with Gasteiger partial charge in [-0.2, -0.15) is 0 Å². The topological polar surface area (TPSA) is 37.2 Å². The normalized spacial score (nSPS) is 33.0. The molecular weight excluding hydrogens is 318 g/mol. The average molecular weight is 333 g/mol. The Bertz CT molecular complexity index is 1070. The minimum Gasteiger partial charge on any atom is -0.323 e. The van der Waals surface area contributed by atoms with Crippen LogP contribution in [0, 0.1) is 0 Å². The number of benzene rings is 1. The van der Waals surface area contributed by atoms with E-state index in [9.17, 15) is 0 Å². The molecule has 3 atom stereocenters. The Kier molecular flexibility index (Phi) is 1.63.